The van der Waals surface area contributed by atoms with E-state index >= 15 is 0 Å². The van der Waals surface area contributed by atoms with Crippen LogP contribution in [0.1, 0.15) is 26.2 Å². The lowest BCUT2D eigenvalue weighted by Crippen LogP contribution is -2.53. The van der Waals surface area contributed by atoms with Crippen LogP contribution >= 0.6 is 0 Å². The smallest absolute Gasteiger partial charge is 0.187 e. The third-order valence-corrected chi connectivity index (χ3v) is 21.3. The van der Waals surface area contributed by atoms with Crippen molar-refractivity contribution in [1.82, 2.24) is 0 Å². The minimum absolute atomic E-state index is 0.318. The lowest BCUT2D eigenvalue weighted by atomic mass is 10.3. The van der Waals surface area contributed by atoms with Crippen LogP contribution in [0.4, 0.5) is 0 Å². The molecule has 0 N–H and O–H groups in total. The molecule has 1 rings (SSSR count). The standard InChI is InChI=1S/C14H32O2Si3/c1-8-9-10-15-12-13-11-14(17(2)3,18(4)5)19(6,7)16-13/h13H,8-12H2,1-7H3. The molecule has 0 aliphatic carbocycles. The van der Waals surface area contributed by atoms with Gasteiger partial charge in [0, 0.05) is 24.2 Å². The average Bonchev–Trinajstić information content (AvgIpc) is 2.56. The van der Waals surface area contributed by atoms with E-state index in [9.17, 15) is 0 Å². The predicted molar refractivity (Wildman–Crippen MR) is 90.4 cm³/mol. The van der Waals surface area contributed by atoms with Crippen molar-refractivity contribution in [2.75, 3.05) is 13.2 Å². The molecule has 0 bridgehead atoms. The molecule has 5 heteroatoms. The summed E-state index contributed by atoms with van der Waals surface area (Å²) in [7, 11) is -2.20. The minimum Gasteiger partial charge on any atom is -0.412 e. The van der Waals surface area contributed by atoms with Gasteiger partial charge in [-0.3, -0.25) is 0 Å². The maximum absolute atomic E-state index is 6.53. The van der Waals surface area contributed by atoms with Gasteiger partial charge in [-0.05, 0) is 30.2 Å². The molecule has 1 fully saturated rings. The van der Waals surface area contributed by atoms with Gasteiger partial charge in [-0.2, -0.15) is 0 Å². The highest BCUT2D eigenvalue weighted by molar-refractivity contribution is 7.03. The molecule has 0 aromatic carbocycles. The summed E-state index contributed by atoms with van der Waals surface area (Å²) in [5.41, 5.74) is 0. The van der Waals surface area contributed by atoms with E-state index in [0.717, 1.165) is 13.2 Å². The van der Waals surface area contributed by atoms with E-state index in [4.69, 9.17) is 9.16 Å². The second-order valence-electron chi connectivity index (χ2n) is 6.79. The van der Waals surface area contributed by atoms with Gasteiger partial charge in [-0.1, -0.05) is 39.5 Å². The van der Waals surface area contributed by atoms with Crippen LogP contribution in [0.5, 0.6) is 0 Å². The molecule has 0 spiro atoms. The third-order valence-electron chi connectivity index (χ3n) is 4.68. The van der Waals surface area contributed by atoms with Crippen molar-refractivity contribution in [3.63, 3.8) is 0 Å². The van der Waals surface area contributed by atoms with Crippen molar-refractivity contribution < 1.29 is 9.16 Å². The van der Waals surface area contributed by atoms with Crippen LogP contribution in [0.3, 0.4) is 0 Å². The van der Waals surface area contributed by atoms with Crippen molar-refractivity contribution in [3.8, 4) is 0 Å². The first-order valence-corrected chi connectivity index (χ1v) is 15.6. The second-order valence-corrected chi connectivity index (χ2v) is 18.1. The van der Waals surface area contributed by atoms with Gasteiger partial charge >= 0.3 is 0 Å². The molecular formula is C14H32O2Si3. The molecule has 1 unspecified atom stereocenters. The van der Waals surface area contributed by atoms with E-state index < -0.39 is 8.32 Å². The molecule has 1 aliphatic heterocycles. The van der Waals surface area contributed by atoms with Crippen LogP contribution in [-0.2, 0) is 9.16 Å². The Kier molecular flexibility index (Phi) is 6.51. The van der Waals surface area contributed by atoms with Crippen molar-refractivity contribution >= 4 is 25.9 Å². The van der Waals surface area contributed by atoms with Crippen LogP contribution in [0.15, 0.2) is 0 Å². The van der Waals surface area contributed by atoms with Crippen molar-refractivity contribution in [3.05, 3.63) is 0 Å². The molecule has 0 aromatic rings. The molecule has 19 heavy (non-hydrogen) atoms. The van der Waals surface area contributed by atoms with Crippen LogP contribution in [0.2, 0.25) is 43.6 Å². The first kappa shape index (κ1) is 17.6. The molecule has 2 nitrogen and oxygen atoms in total. The summed E-state index contributed by atoms with van der Waals surface area (Å²) >= 11 is 0. The van der Waals surface area contributed by atoms with Gasteiger partial charge in [-0.15, -0.1) is 0 Å². The van der Waals surface area contributed by atoms with Crippen LogP contribution in [0.25, 0.3) is 0 Å². The van der Waals surface area contributed by atoms with Gasteiger partial charge in [-0.25, -0.2) is 0 Å². The lowest BCUT2D eigenvalue weighted by Gasteiger charge is -2.43. The summed E-state index contributed by atoms with van der Waals surface area (Å²) in [5, 5.41) is 0. The Balaban J connectivity index is 2.69. The Morgan fingerprint density at radius 2 is 1.79 bits per heavy atom. The van der Waals surface area contributed by atoms with Gasteiger partial charge in [0.05, 0.1) is 12.7 Å². The molecule has 1 saturated heterocycles. The Hall–Kier alpha value is 0.571. The predicted octanol–water partition coefficient (Wildman–Crippen LogP) is 4.12. The molecule has 0 saturated carbocycles. The number of rotatable bonds is 7. The number of unbranched alkanes of at least 4 members (excludes halogenated alkanes) is 1. The zero-order chi connectivity index (χ0) is 14.7. The van der Waals surface area contributed by atoms with Crippen molar-refractivity contribution in [2.45, 2.75) is 75.9 Å². The molecule has 0 aromatic heterocycles. The SMILES string of the molecule is CCCCOCC1CC([Si](C)C)([Si](C)C)[Si](C)(C)O1. The number of hydrogen-bond acceptors (Lipinski definition) is 2. The van der Waals surface area contributed by atoms with Crippen LogP contribution in [0, 0.1) is 0 Å². The average molecular weight is 317 g/mol. The fourth-order valence-corrected chi connectivity index (χ4v) is 21.0. The Labute approximate surface area is 124 Å². The summed E-state index contributed by atoms with van der Waals surface area (Å²) < 4.78 is 13.0. The molecule has 112 valence electrons. The molecule has 1 atom stereocenters. The molecule has 2 radical (unpaired) electrons. The summed E-state index contributed by atoms with van der Waals surface area (Å²) in [6.45, 7) is 18.8. The second kappa shape index (κ2) is 7.02. The largest absolute Gasteiger partial charge is 0.412 e. The van der Waals surface area contributed by atoms with Gasteiger partial charge in [0.1, 0.15) is 0 Å². The van der Waals surface area contributed by atoms with Crippen molar-refractivity contribution in [1.29, 1.82) is 0 Å². The minimum atomic E-state index is -1.57. The first-order valence-electron chi connectivity index (χ1n) is 7.64. The number of hydrogen-bond donors (Lipinski definition) is 0. The highest BCUT2D eigenvalue weighted by Crippen LogP contribution is 2.53. The molecular weight excluding hydrogens is 284 g/mol. The maximum atomic E-state index is 6.53. The Bertz CT molecular complexity index is 272. The summed E-state index contributed by atoms with van der Waals surface area (Å²) in [4.78, 5) is 0. The van der Waals surface area contributed by atoms with E-state index in [1.54, 1.807) is 0 Å². The lowest BCUT2D eigenvalue weighted by molar-refractivity contribution is 0.0547. The van der Waals surface area contributed by atoms with Gasteiger partial charge < -0.3 is 9.16 Å². The van der Waals surface area contributed by atoms with E-state index in [1.165, 1.54) is 19.3 Å². The zero-order valence-corrected chi connectivity index (χ0v) is 16.9. The van der Waals surface area contributed by atoms with Gasteiger partial charge in [0.25, 0.3) is 0 Å². The van der Waals surface area contributed by atoms with E-state index in [2.05, 4.69) is 46.2 Å². The number of ether oxygens (including phenoxy) is 1. The third kappa shape index (κ3) is 3.61. The van der Waals surface area contributed by atoms with E-state index in [0.29, 0.717) is 10.4 Å². The summed E-state index contributed by atoms with van der Waals surface area (Å²) in [6, 6.07) is 0. The fourth-order valence-electron chi connectivity index (χ4n) is 3.81. The monoisotopic (exact) mass is 316 g/mol. The molecule has 1 heterocycles. The quantitative estimate of drug-likeness (QED) is 0.519. The van der Waals surface area contributed by atoms with E-state index in [-0.39, 0.29) is 17.6 Å². The van der Waals surface area contributed by atoms with Crippen LogP contribution < -0.4 is 0 Å². The summed E-state index contributed by atoms with van der Waals surface area (Å²) in [5.74, 6) is 0. The molecule has 1 aliphatic rings. The fraction of sp³-hybridized carbons (Fsp3) is 1.00. The topological polar surface area (TPSA) is 18.5 Å². The Morgan fingerprint density at radius 3 is 2.21 bits per heavy atom. The highest BCUT2D eigenvalue weighted by atomic mass is 28.4. The van der Waals surface area contributed by atoms with Gasteiger partial charge in [0.2, 0.25) is 0 Å². The summed E-state index contributed by atoms with van der Waals surface area (Å²) in [6.07, 6.45) is 4.04. The van der Waals surface area contributed by atoms with Gasteiger partial charge in [0.15, 0.2) is 8.32 Å². The van der Waals surface area contributed by atoms with E-state index in [1.807, 2.05) is 0 Å². The normalized spacial score (nSPS) is 25.4. The molecule has 0 amide bonds. The zero-order valence-electron chi connectivity index (χ0n) is 13.9. The first-order chi connectivity index (χ1) is 8.78. The van der Waals surface area contributed by atoms with Crippen molar-refractivity contribution in [2.24, 2.45) is 0 Å². The van der Waals surface area contributed by atoms with Crippen LogP contribution in [-0.4, -0.2) is 45.2 Å². The maximum Gasteiger partial charge on any atom is 0.187 e. The highest BCUT2D eigenvalue weighted by Gasteiger charge is 2.59. The Morgan fingerprint density at radius 1 is 1.21 bits per heavy atom.